The summed E-state index contributed by atoms with van der Waals surface area (Å²) in [6.07, 6.45) is -0.668. The molecule has 0 spiro atoms. The van der Waals surface area contributed by atoms with Crippen molar-refractivity contribution in [1.82, 2.24) is 10.3 Å². The molecule has 2 fully saturated rings. The van der Waals surface area contributed by atoms with E-state index in [0.29, 0.717) is 28.7 Å². The number of ether oxygens (including phenoxy) is 1. The van der Waals surface area contributed by atoms with Gasteiger partial charge in [-0.3, -0.25) is 4.72 Å². The lowest BCUT2D eigenvalue weighted by Crippen LogP contribution is -2.42. The predicted molar refractivity (Wildman–Crippen MR) is 112 cm³/mol. The monoisotopic (exact) mass is 513 g/mol. The molecule has 32 heavy (non-hydrogen) atoms. The summed E-state index contributed by atoms with van der Waals surface area (Å²) in [4.78, 5) is 12.9. The second-order valence-corrected chi connectivity index (χ2v) is 10.0. The van der Waals surface area contributed by atoms with Gasteiger partial charge in [0.25, 0.3) is 10.0 Å². The summed E-state index contributed by atoms with van der Waals surface area (Å²) >= 11 is 7.60. The van der Waals surface area contributed by atoms with Gasteiger partial charge in [-0.15, -0.1) is 11.3 Å². The topological polar surface area (TPSA) is 118 Å². The number of piperidine rings is 1. The molecule has 3 N–H and O–H groups in total. The van der Waals surface area contributed by atoms with E-state index in [0.717, 1.165) is 12.8 Å². The molecule has 2 aliphatic heterocycles. The Morgan fingerprint density at radius 3 is 2.41 bits per heavy atom. The van der Waals surface area contributed by atoms with Crippen molar-refractivity contribution in [2.24, 2.45) is 0 Å². The highest BCUT2D eigenvalue weighted by atomic mass is 35.5. The number of carboxylic acid groups (broad SMARTS) is 1. The van der Waals surface area contributed by atoms with Gasteiger partial charge in [-0.05, 0) is 43.9 Å². The highest BCUT2D eigenvalue weighted by Gasteiger charge is 2.38. The maximum Gasteiger partial charge on any atom is 0.490 e. The Labute approximate surface area is 190 Å². The number of nitrogens with one attached hydrogen (secondary N) is 2. The fourth-order valence-corrected chi connectivity index (χ4v) is 5.36. The van der Waals surface area contributed by atoms with E-state index in [1.807, 2.05) is 0 Å². The molecule has 1 aromatic heterocycles. The van der Waals surface area contributed by atoms with Crippen LogP contribution in [0.5, 0.6) is 5.75 Å². The fraction of sp³-hybridized carbons (Fsp3) is 0.444. The Bertz CT molecular complexity index is 1040. The van der Waals surface area contributed by atoms with Crippen LogP contribution in [0.15, 0.2) is 34.0 Å². The molecule has 2 aromatic rings. The van der Waals surface area contributed by atoms with E-state index in [-0.39, 0.29) is 11.0 Å². The van der Waals surface area contributed by atoms with E-state index in [9.17, 15) is 21.6 Å². The molecule has 3 heterocycles. The summed E-state index contributed by atoms with van der Waals surface area (Å²) in [6, 6.07) is 5.59. The molecule has 2 bridgehead atoms. The van der Waals surface area contributed by atoms with Crippen LogP contribution in [0, 0.1) is 0 Å². The van der Waals surface area contributed by atoms with Crippen LogP contribution in [-0.2, 0) is 14.8 Å². The molecule has 0 unspecified atom stereocenters. The second kappa shape index (κ2) is 9.81. The van der Waals surface area contributed by atoms with Gasteiger partial charge < -0.3 is 15.2 Å². The number of fused-ring (bicyclic) bond motifs is 2. The van der Waals surface area contributed by atoms with Crippen LogP contribution >= 0.6 is 22.9 Å². The predicted octanol–water partition coefficient (Wildman–Crippen LogP) is 3.89. The van der Waals surface area contributed by atoms with Crippen molar-refractivity contribution in [2.75, 3.05) is 4.72 Å². The number of nitrogens with zero attached hydrogens (tertiary/aromatic N) is 1. The molecule has 0 aliphatic carbocycles. The molecule has 176 valence electrons. The summed E-state index contributed by atoms with van der Waals surface area (Å²) in [5, 5.41) is 12.6. The van der Waals surface area contributed by atoms with Crippen molar-refractivity contribution in [1.29, 1.82) is 0 Å². The summed E-state index contributed by atoms with van der Waals surface area (Å²) < 4.78 is 65.0. The summed E-state index contributed by atoms with van der Waals surface area (Å²) in [5.74, 6) is -1.93. The standard InChI is InChI=1S/C16H18ClN3O3S2.C2HF3O2/c17-14-7-13(25(21,22)20-16-8-24-9-18-16)3-4-15(14)23-12-5-10-1-2-11(6-12)19-10;3-2(4,5)1(6)7/h3-4,7-12,19-20H,1-2,5-6H2;(H,6,7)/t10-,11+,12+;. The largest absolute Gasteiger partial charge is 0.490 e. The van der Waals surface area contributed by atoms with Crippen molar-refractivity contribution >= 4 is 44.7 Å². The van der Waals surface area contributed by atoms with E-state index >= 15 is 0 Å². The first-order valence-electron chi connectivity index (χ1n) is 9.37. The van der Waals surface area contributed by atoms with Gasteiger partial charge in [0.1, 0.15) is 11.9 Å². The molecule has 0 radical (unpaired) electrons. The lowest BCUT2D eigenvalue weighted by Gasteiger charge is -2.29. The number of hydrogen-bond acceptors (Lipinski definition) is 7. The third kappa shape index (κ3) is 6.47. The highest BCUT2D eigenvalue weighted by molar-refractivity contribution is 7.92. The van der Waals surface area contributed by atoms with Crippen molar-refractivity contribution in [2.45, 2.75) is 54.9 Å². The maximum absolute atomic E-state index is 12.4. The van der Waals surface area contributed by atoms with Crippen LogP contribution in [0.2, 0.25) is 5.02 Å². The molecule has 2 saturated heterocycles. The first kappa shape index (κ1) is 24.6. The smallest absolute Gasteiger partial charge is 0.489 e. The highest BCUT2D eigenvalue weighted by Crippen LogP contribution is 2.33. The number of sulfonamides is 1. The Balaban J connectivity index is 0.000000360. The third-order valence-electron chi connectivity index (χ3n) is 4.85. The summed E-state index contributed by atoms with van der Waals surface area (Å²) in [6.45, 7) is 0. The molecule has 14 heteroatoms. The molecule has 2 aliphatic rings. The Hall–Kier alpha value is -2.09. The van der Waals surface area contributed by atoms with Crippen LogP contribution in [0.3, 0.4) is 0 Å². The number of halogens is 4. The minimum absolute atomic E-state index is 0.0863. The second-order valence-electron chi connectivity index (χ2n) is 7.22. The summed E-state index contributed by atoms with van der Waals surface area (Å²) in [7, 11) is -3.72. The third-order valence-corrected chi connectivity index (χ3v) is 7.09. The molecule has 8 nitrogen and oxygen atoms in total. The average Bonchev–Trinajstić information content (AvgIpc) is 3.32. The van der Waals surface area contributed by atoms with E-state index < -0.39 is 22.2 Å². The Kier molecular flexibility index (Phi) is 7.53. The number of carboxylic acids is 1. The number of hydrogen-bond donors (Lipinski definition) is 3. The molecule has 0 saturated carbocycles. The van der Waals surface area contributed by atoms with Crippen molar-refractivity contribution < 1.29 is 36.2 Å². The van der Waals surface area contributed by atoms with Gasteiger partial charge in [0.15, 0.2) is 5.82 Å². The minimum Gasteiger partial charge on any atom is -0.489 e. The van der Waals surface area contributed by atoms with E-state index in [1.54, 1.807) is 17.0 Å². The number of rotatable bonds is 5. The van der Waals surface area contributed by atoms with Crippen LogP contribution in [-0.4, -0.2) is 48.8 Å². The van der Waals surface area contributed by atoms with Gasteiger partial charge in [0, 0.05) is 17.5 Å². The molecule has 1 aromatic carbocycles. The molecule has 4 rings (SSSR count). The van der Waals surface area contributed by atoms with Crippen molar-refractivity contribution in [3.63, 3.8) is 0 Å². The van der Waals surface area contributed by atoms with Gasteiger partial charge in [0.2, 0.25) is 0 Å². The number of benzene rings is 1. The van der Waals surface area contributed by atoms with Gasteiger partial charge in [-0.1, -0.05) is 11.6 Å². The summed E-state index contributed by atoms with van der Waals surface area (Å²) in [5.41, 5.74) is 1.56. The zero-order chi connectivity index (χ0) is 23.5. The number of aliphatic carboxylic acids is 1. The zero-order valence-corrected chi connectivity index (χ0v) is 18.7. The number of carbonyl (C=O) groups is 1. The van der Waals surface area contributed by atoms with Crippen molar-refractivity contribution in [3.8, 4) is 5.75 Å². The van der Waals surface area contributed by atoms with Gasteiger partial charge in [0.05, 0.1) is 15.4 Å². The minimum atomic E-state index is -5.08. The normalized spacial score (nSPS) is 22.6. The van der Waals surface area contributed by atoms with E-state index in [1.165, 1.54) is 36.3 Å². The molecular weight excluding hydrogens is 495 g/mol. The lowest BCUT2D eigenvalue weighted by atomic mass is 10.0. The zero-order valence-electron chi connectivity index (χ0n) is 16.3. The van der Waals surface area contributed by atoms with E-state index in [4.69, 9.17) is 26.2 Å². The van der Waals surface area contributed by atoms with Crippen LogP contribution in [0.1, 0.15) is 25.7 Å². The fourth-order valence-electron chi connectivity index (χ4n) is 3.48. The Morgan fingerprint density at radius 2 is 1.91 bits per heavy atom. The molecular formula is C18H19ClF3N3O5S2. The first-order valence-corrected chi connectivity index (χ1v) is 12.2. The van der Waals surface area contributed by atoms with Crippen molar-refractivity contribution in [3.05, 3.63) is 34.1 Å². The average molecular weight is 514 g/mol. The number of alkyl halides is 3. The van der Waals surface area contributed by atoms with Gasteiger partial charge in [-0.2, -0.15) is 13.2 Å². The van der Waals surface area contributed by atoms with Gasteiger partial charge in [-0.25, -0.2) is 18.2 Å². The number of aromatic nitrogens is 1. The molecule has 0 amide bonds. The Morgan fingerprint density at radius 1 is 1.28 bits per heavy atom. The number of anilines is 1. The van der Waals surface area contributed by atoms with Crippen LogP contribution < -0.4 is 14.8 Å². The lowest BCUT2D eigenvalue weighted by molar-refractivity contribution is -0.192. The number of thiazole rings is 1. The first-order chi connectivity index (χ1) is 14.9. The van der Waals surface area contributed by atoms with Gasteiger partial charge >= 0.3 is 12.1 Å². The van der Waals surface area contributed by atoms with E-state index in [2.05, 4.69) is 15.0 Å². The van der Waals surface area contributed by atoms with Crippen LogP contribution in [0.4, 0.5) is 19.0 Å². The van der Waals surface area contributed by atoms with Crippen LogP contribution in [0.25, 0.3) is 0 Å². The quantitative estimate of drug-likeness (QED) is 0.555. The maximum atomic E-state index is 12.4. The SMILES string of the molecule is O=C(O)C(F)(F)F.O=S(=O)(Nc1cscn1)c1ccc(O[C@H]2C[C@H]3CC[C@@H](C2)N3)c(Cl)c1. The molecule has 3 atom stereocenters.